The molecule has 0 N–H and O–H groups in total. The fourth-order valence-electron chi connectivity index (χ4n) is 6.44. The van der Waals surface area contributed by atoms with Crippen molar-refractivity contribution >= 4 is 45.0 Å². The van der Waals surface area contributed by atoms with E-state index in [0.29, 0.717) is 37.1 Å². The van der Waals surface area contributed by atoms with Crippen LogP contribution in [0.2, 0.25) is 5.02 Å². The number of benzene rings is 2. The molecule has 3 aliphatic heterocycles. The maximum atomic E-state index is 11.9. The first kappa shape index (κ1) is 31.2. The quantitative estimate of drug-likeness (QED) is 0.237. The van der Waals surface area contributed by atoms with Gasteiger partial charge in [0, 0.05) is 67.4 Å². The summed E-state index contributed by atoms with van der Waals surface area (Å²) in [6, 6.07) is 18.7. The van der Waals surface area contributed by atoms with Crippen LogP contribution in [-0.4, -0.2) is 78.1 Å². The molecule has 228 valence electrons. The van der Waals surface area contributed by atoms with Gasteiger partial charge in [-0.15, -0.1) is 0 Å². The second kappa shape index (κ2) is 14.5. The molecule has 0 radical (unpaired) electrons. The van der Waals surface area contributed by atoms with E-state index < -0.39 is 0 Å². The van der Waals surface area contributed by atoms with Crippen molar-refractivity contribution in [2.75, 3.05) is 51.3 Å². The van der Waals surface area contributed by atoms with Crippen LogP contribution < -0.4 is 9.64 Å². The van der Waals surface area contributed by atoms with Gasteiger partial charge in [0.15, 0.2) is 0 Å². The van der Waals surface area contributed by atoms with Crippen molar-refractivity contribution in [2.24, 2.45) is 0 Å². The Morgan fingerprint density at radius 3 is 2.39 bits per heavy atom. The Hall–Kier alpha value is -4.19. The maximum absolute atomic E-state index is 11.9. The highest BCUT2D eigenvalue weighted by Gasteiger charge is 2.28. The number of halogens is 1. The van der Waals surface area contributed by atoms with Crippen molar-refractivity contribution in [1.82, 2.24) is 19.8 Å². The Bertz CT molecular complexity index is 1650. The van der Waals surface area contributed by atoms with Gasteiger partial charge in [0.25, 0.3) is 0 Å². The Kier molecular flexibility index (Phi) is 10.3. The van der Waals surface area contributed by atoms with Crippen molar-refractivity contribution in [3.8, 4) is 23.1 Å². The zero-order valence-electron chi connectivity index (χ0n) is 25.5. The van der Waals surface area contributed by atoms with E-state index in [-0.39, 0.29) is 5.91 Å². The summed E-state index contributed by atoms with van der Waals surface area (Å²) in [4.78, 5) is 28.1. The van der Waals surface area contributed by atoms with Gasteiger partial charge in [0.2, 0.25) is 11.8 Å². The minimum atomic E-state index is -0.0386. The van der Waals surface area contributed by atoms with Gasteiger partial charge in [0.05, 0.1) is 24.4 Å². The molecule has 0 saturated carbocycles. The van der Waals surface area contributed by atoms with E-state index in [2.05, 4.69) is 33.5 Å². The molecule has 3 fully saturated rings. The van der Waals surface area contributed by atoms with E-state index in [4.69, 9.17) is 26.6 Å². The van der Waals surface area contributed by atoms with Crippen molar-refractivity contribution in [3.05, 3.63) is 72.4 Å². The smallest absolute Gasteiger partial charge is 0.246 e. The lowest BCUT2D eigenvalue weighted by Crippen LogP contribution is -2.48. The van der Waals surface area contributed by atoms with E-state index in [0.717, 1.165) is 44.7 Å². The van der Waals surface area contributed by atoms with E-state index in [1.807, 2.05) is 42.6 Å². The number of carbonyl (C=O) groups excluding carboxylic acids is 1. The van der Waals surface area contributed by atoms with Crippen LogP contribution in [0.3, 0.4) is 0 Å². The molecule has 44 heavy (non-hydrogen) atoms. The van der Waals surface area contributed by atoms with Crippen LogP contribution in [0.5, 0.6) is 5.88 Å². The number of amides is 1. The molecule has 3 saturated heterocycles. The van der Waals surface area contributed by atoms with Crippen LogP contribution in [0.25, 0.3) is 32.9 Å². The lowest BCUT2D eigenvalue weighted by atomic mass is 9.99. The molecule has 4 aromatic rings. The second-order valence-electron chi connectivity index (χ2n) is 11.1. The first-order valence-corrected chi connectivity index (χ1v) is 15.6. The molecular formula is C35H39ClN6O2. The number of pyridine rings is 2. The van der Waals surface area contributed by atoms with Crippen LogP contribution in [-0.2, 0) is 4.79 Å². The monoisotopic (exact) mass is 610 g/mol. The number of piperazine rings is 1. The normalized spacial score (nSPS) is 16.4. The zero-order chi connectivity index (χ0) is 31.1. The minimum Gasteiger partial charge on any atom is -0.481 e. The first-order valence-electron chi connectivity index (χ1n) is 15.2. The van der Waals surface area contributed by atoms with E-state index in [1.54, 1.807) is 18.1 Å². The van der Waals surface area contributed by atoms with Gasteiger partial charge in [-0.1, -0.05) is 48.5 Å². The van der Waals surface area contributed by atoms with Gasteiger partial charge < -0.3 is 19.4 Å². The van der Waals surface area contributed by atoms with Gasteiger partial charge in [-0.05, 0) is 67.9 Å². The fraction of sp³-hybridized carbons (Fsp3) is 0.371. The summed E-state index contributed by atoms with van der Waals surface area (Å²) < 4.78 is 5.50. The Labute approximate surface area is 264 Å². The predicted octanol–water partition coefficient (Wildman–Crippen LogP) is 6.72. The molecule has 8 nitrogen and oxygen atoms in total. The summed E-state index contributed by atoms with van der Waals surface area (Å²) in [5.41, 5.74) is 4.44. The van der Waals surface area contributed by atoms with Gasteiger partial charge in [-0.3, -0.25) is 9.78 Å². The molecule has 2 aromatic carbocycles. The third-order valence-electron chi connectivity index (χ3n) is 8.56. The summed E-state index contributed by atoms with van der Waals surface area (Å²) in [6.45, 7) is 10.5. The number of hydrogen-bond donors (Lipinski definition) is 0. The standard InChI is InChI=1S/C26H23ClN4O2.C7H13N.C2H3N/c1-3-24(32)31-12-10-30(11-13-31)22-15-23(33-2)29-21-14-18(16-28-26(21)22)19-8-4-6-17-7-5-9-20(27)25(17)19;1-3-7-4-2-6-8(7)5-1;1-2-3/h3-9,14-16H,1,10-13H2,2H3;7H,1-6H2;1H3. The highest BCUT2D eigenvalue weighted by atomic mass is 35.5. The number of aromatic nitrogens is 2. The van der Waals surface area contributed by atoms with Crippen LogP contribution >= 0.6 is 11.6 Å². The van der Waals surface area contributed by atoms with Crippen LogP contribution in [0.4, 0.5) is 5.69 Å². The Morgan fingerprint density at radius 1 is 1.07 bits per heavy atom. The van der Waals surface area contributed by atoms with Crippen molar-refractivity contribution in [2.45, 2.75) is 38.6 Å². The number of rotatable bonds is 4. The molecule has 2 aromatic heterocycles. The first-order chi connectivity index (χ1) is 21.5. The largest absolute Gasteiger partial charge is 0.481 e. The van der Waals surface area contributed by atoms with Crippen molar-refractivity contribution in [1.29, 1.82) is 5.26 Å². The summed E-state index contributed by atoms with van der Waals surface area (Å²) in [7, 11) is 1.61. The highest BCUT2D eigenvalue weighted by Crippen LogP contribution is 2.36. The number of hydrogen-bond acceptors (Lipinski definition) is 7. The molecule has 0 spiro atoms. The lowest BCUT2D eigenvalue weighted by molar-refractivity contribution is -0.126. The van der Waals surface area contributed by atoms with Crippen LogP contribution in [0, 0.1) is 11.3 Å². The van der Waals surface area contributed by atoms with Crippen LogP contribution in [0.1, 0.15) is 32.6 Å². The minimum absolute atomic E-state index is 0.0386. The molecule has 9 heteroatoms. The zero-order valence-corrected chi connectivity index (χ0v) is 26.3. The van der Waals surface area contributed by atoms with Crippen molar-refractivity contribution in [3.63, 3.8) is 0 Å². The average Bonchev–Trinajstić information content (AvgIpc) is 3.70. The molecule has 0 bridgehead atoms. The number of fused-ring (bicyclic) bond motifs is 3. The second-order valence-corrected chi connectivity index (χ2v) is 11.5. The SMILES string of the molecule is C1CC2CCCN2C1.C=CC(=O)N1CCN(c2cc(OC)nc3cc(-c4cccc5cccc(Cl)c45)cnc23)CC1.CC#N. The average molecular weight is 611 g/mol. The maximum Gasteiger partial charge on any atom is 0.246 e. The Balaban J connectivity index is 0.000000293. The highest BCUT2D eigenvalue weighted by molar-refractivity contribution is 6.36. The van der Waals surface area contributed by atoms with E-state index in [9.17, 15) is 4.79 Å². The van der Waals surface area contributed by atoms with E-state index in [1.165, 1.54) is 51.8 Å². The number of anilines is 1. The molecule has 1 amide bonds. The topological polar surface area (TPSA) is 85.6 Å². The molecule has 0 unspecified atom stereocenters. The summed E-state index contributed by atoms with van der Waals surface area (Å²) in [6.07, 6.45) is 9.13. The van der Waals surface area contributed by atoms with Gasteiger partial charge in [-0.25, -0.2) is 4.98 Å². The molecule has 7 rings (SSSR count). The number of methoxy groups -OCH3 is 1. The van der Waals surface area contributed by atoms with Crippen molar-refractivity contribution < 1.29 is 9.53 Å². The van der Waals surface area contributed by atoms with Crippen LogP contribution in [0.15, 0.2) is 67.4 Å². The predicted molar refractivity (Wildman–Crippen MR) is 178 cm³/mol. The number of nitrogens with zero attached hydrogens (tertiary/aromatic N) is 6. The number of carbonyl (C=O) groups is 1. The van der Waals surface area contributed by atoms with Gasteiger partial charge in [-0.2, -0.15) is 5.26 Å². The molecular weight excluding hydrogens is 572 g/mol. The van der Waals surface area contributed by atoms with E-state index >= 15 is 0 Å². The molecule has 0 atom stereocenters. The number of ether oxygens (including phenoxy) is 1. The summed E-state index contributed by atoms with van der Waals surface area (Å²) >= 11 is 6.55. The Morgan fingerprint density at radius 2 is 1.75 bits per heavy atom. The third-order valence-corrected chi connectivity index (χ3v) is 8.88. The summed E-state index contributed by atoms with van der Waals surface area (Å²) in [5.74, 6) is 0.486. The molecule has 5 heterocycles. The summed E-state index contributed by atoms with van der Waals surface area (Å²) in [5, 5.41) is 10.1. The third kappa shape index (κ3) is 6.80. The lowest BCUT2D eigenvalue weighted by Gasteiger charge is -2.36. The van der Waals surface area contributed by atoms with Gasteiger partial charge >= 0.3 is 0 Å². The molecule has 3 aliphatic rings. The van der Waals surface area contributed by atoms with Gasteiger partial charge in [0.1, 0.15) is 5.52 Å². The number of nitriles is 1. The molecule has 0 aliphatic carbocycles. The fourth-order valence-corrected chi connectivity index (χ4v) is 6.73.